The number of hydrogen-bond acceptors (Lipinski definition) is 0. The standard InChI is InChI=1S/C36H38/c1-3-5-23-35(31-19-11-7-15-27(31)28-16-8-12-20-32(28)35)25-26-36(24-6-4-2)33-21-13-9-17-29(33)30-18-10-14-22-34(30)36/h7-22H,3-6,23-26H2,1-2H3. The first-order valence-corrected chi connectivity index (χ1v) is 14.1. The van der Waals surface area contributed by atoms with Crippen molar-refractivity contribution in [3.8, 4) is 22.3 Å². The van der Waals surface area contributed by atoms with Crippen molar-refractivity contribution in [3.05, 3.63) is 119 Å². The molecule has 36 heavy (non-hydrogen) atoms. The Hall–Kier alpha value is -3.12. The molecular weight excluding hydrogens is 432 g/mol. The van der Waals surface area contributed by atoms with Crippen LogP contribution < -0.4 is 0 Å². The van der Waals surface area contributed by atoms with E-state index in [0.717, 1.165) is 0 Å². The molecule has 0 atom stereocenters. The fourth-order valence-electron chi connectivity index (χ4n) is 7.54. The Morgan fingerprint density at radius 1 is 0.389 bits per heavy atom. The van der Waals surface area contributed by atoms with Gasteiger partial charge in [0.1, 0.15) is 0 Å². The molecule has 4 aromatic carbocycles. The van der Waals surface area contributed by atoms with E-state index in [4.69, 9.17) is 0 Å². The van der Waals surface area contributed by atoms with Crippen LogP contribution in [0.3, 0.4) is 0 Å². The molecule has 6 rings (SSSR count). The normalized spacial score (nSPS) is 15.7. The van der Waals surface area contributed by atoms with Crippen molar-refractivity contribution in [3.63, 3.8) is 0 Å². The van der Waals surface area contributed by atoms with E-state index in [0.29, 0.717) is 0 Å². The number of hydrogen-bond donors (Lipinski definition) is 0. The van der Waals surface area contributed by atoms with E-state index in [1.54, 1.807) is 22.3 Å². The monoisotopic (exact) mass is 470 g/mol. The van der Waals surface area contributed by atoms with Crippen LogP contribution in [0.25, 0.3) is 22.3 Å². The molecule has 4 aromatic rings. The Labute approximate surface area is 217 Å². The summed E-state index contributed by atoms with van der Waals surface area (Å²) < 4.78 is 0. The highest BCUT2D eigenvalue weighted by Crippen LogP contribution is 2.59. The molecule has 0 heteroatoms. The van der Waals surface area contributed by atoms with Gasteiger partial charge in [-0.3, -0.25) is 0 Å². The first-order valence-electron chi connectivity index (χ1n) is 14.1. The van der Waals surface area contributed by atoms with Crippen LogP contribution in [-0.4, -0.2) is 0 Å². The second kappa shape index (κ2) is 9.40. The number of rotatable bonds is 9. The highest BCUT2D eigenvalue weighted by molar-refractivity contribution is 5.82. The zero-order chi connectivity index (χ0) is 24.6. The summed E-state index contributed by atoms with van der Waals surface area (Å²) in [5, 5.41) is 0. The smallest absolute Gasteiger partial charge is 0.0215 e. The molecule has 0 fully saturated rings. The van der Waals surface area contributed by atoms with Gasteiger partial charge in [-0.25, -0.2) is 0 Å². The van der Waals surface area contributed by atoms with E-state index in [2.05, 4.69) is 111 Å². The third-order valence-electron chi connectivity index (χ3n) is 9.24. The van der Waals surface area contributed by atoms with Crippen LogP contribution in [0.2, 0.25) is 0 Å². The number of benzene rings is 4. The third-order valence-corrected chi connectivity index (χ3v) is 9.24. The van der Waals surface area contributed by atoms with Gasteiger partial charge < -0.3 is 0 Å². The molecular formula is C36H38. The van der Waals surface area contributed by atoms with Gasteiger partial charge in [0, 0.05) is 10.8 Å². The molecule has 0 aromatic heterocycles. The van der Waals surface area contributed by atoms with Gasteiger partial charge in [0.05, 0.1) is 0 Å². The van der Waals surface area contributed by atoms with Gasteiger partial charge in [0.2, 0.25) is 0 Å². The lowest BCUT2D eigenvalue weighted by atomic mass is 9.64. The fourth-order valence-corrected chi connectivity index (χ4v) is 7.54. The molecule has 2 aliphatic rings. The van der Waals surface area contributed by atoms with Crippen molar-refractivity contribution in [2.45, 2.75) is 76.0 Å². The molecule has 0 saturated carbocycles. The van der Waals surface area contributed by atoms with Crippen molar-refractivity contribution >= 4 is 0 Å². The Bertz CT molecular complexity index is 1180. The molecule has 0 aliphatic heterocycles. The minimum absolute atomic E-state index is 0.0922. The third kappa shape index (κ3) is 3.41. The summed E-state index contributed by atoms with van der Waals surface area (Å²) >= 11 is 0. The van der Waals surface area contributed by atoms with Crippen LogP contribution in [-0.2, 0) is 10.8 Å². The van der Waals surface area contributed by atoms with Crippen molar-refractivity contribution < 1.29 is 0 Å². The van der Waals surface area contributed by atoms with E-state index in [1.165, 1.54) is 73.6 Å². The second-order valence-electron chi connectivity index (χ2n) is 11.1. The molecule has 0 N–H and O–H groups in total. The van der Waals surface area contributed by atoms with E-state index in [9.17, 15) is 0 Å². The van der Waals surface area contributed by atoms with Crippen LogP contribution in [0, 0.1) is 0 Å². The Morgan fingerprint density at radius 2 is 0.667 bits per heavy atom. The summed E-state index contributed by atoms with van der Waals surface area (Å²) in [6, 6.07) is 37.1. The van der Waals surface area contributed by atoms with Crippen LogP contribution in [0.5, 0.6) is 0 Å². The summed E-state index contributed by atoms with van der Waals surface area (Å²) in [4.78, 5) is 0. The zero-order valence-electron chi connectivity index (χ0n) is 21.9. The molecule has 182 valence electrons. The van der Waals surface area contributed by atoms with Crippen molar-refractivity contribution in [1.29, 1.82) is 0 Å². The zero-order valence-corrected chi connectivity index (χ0v) is 21.9. The maximum Gasteiger partial charge on any atom is 0.0215 e. The maximum absolute atomic E-state index is 2.43. The highest BCUT2D eigenvalue weighted by Gasteiger charge is 2.47. The largest absolute Gasteiger partial charge is 0.0654 e. The minimum atomic E-state index is 0.0922. The Morgan fingerprint density at radius 3 is 0.944 bits per heavy atom. The highest BCUT2D eigenvalue weighted by atomic mass is 14.5. The maximum atomic E-state index is 2.43. The Balaban J connectivity index is 1.50. The topological polar surface area (TPSA) is 0 Å². The minimum Gasteiger partial charge on any atom is -0.0654 e. The van der Waals surface area contributed by atoms with Crippen molar-refractivity contribution in [2.75, 3.05) is 0 Å². The van der Waals surface area contributed by atoms with Gasteiger partial charge in [-0.05, 0) is 70.2 Å². The molecule has 0 spiro atoms. The molecule has 0 amide bonds. The summed E-state index contributed by atoms with van der Waals surface area (Å²) in [5.41, 5.74) is 12.3. The summed E-state index contributed by atoms with van der Waals surface area (Å²) in [6.45, 7) is 4.68. The van der Waals surface area contributed by atoms with Crippen LogP contribution >= 0.6 is 0 Å². The lowest BCUT2D eigenvalue weighted by molar-refractivity contribution is 0.341. The van der Waals surface area contributed by atoms with Gasteiger partial charge >= 0.3 is 0 Å². The van der Waals surface area contributed by atoms with E-state index < -0.39 is 0 Å². The van der Waals surface area contributed by atoms with Crippen LogP contribution in [0.4, 0.5) is 0 Å². The van der Waals surface area contributed by atoms with E-state index in [-0.39, 0.29) is 10.8 Å². The van der Waals surface area contributed by atoms with Gasteiger partial charge in [0.15, 0.2) is 0 Å². The molecule has 0 radical (unpaired) electrons. The second-order valence-corrected chi connectivity index (χ2v) is 11.1. The van der Waals surface area contributed by atoms with E-state index >= 15 is 0 Å². The predicted molar refractivity (Wildman–Crippen MR) is 154 cm³/mol. The van der Waals surface area contributed by atoms with Gasteiger partial charge in [-0.1, -0.05) is 137 Å². The fraction of sp³-hybridized carbons (Fsp3) is 0.333. The first kappa shape index (κ1) is 23.3. The molecule has 0 heterocycles. The number of unbranched alkanes of at least 4 members (excludes halogenated alkanes) is 2. The van der Waals surface area contributed by atoms with E-state index in [1.807, 2.05) is 0 Å². The molecule has 0 saturated heterocycles. The number of fused-ring (bicyclic) bond motifs is 6. The average molecular weight is 471 g/mol. The average Bonchev–Trinajstić information content (AvgIpc) is 3.38. The lowest BCUT2D eigenvalue weighted by Crippen LogP contribution is -2.32. The summed E-state index contributed by atoms with van der Waals surface area (Å²) in [5.74, 6) is 0. The van der Waals surface area contributed by atoms with Gasteiger partial charge in [0.25, 0.3) is 0 Å². The molecule has 2 aliphatic carbocycles. The SMILES string of the molecule is CCCCC1(CCC2(CCCC)c3ccccc3-c3ccccc32)c2ccccc2-c2ccccc21. The van der Waals surface area contributed by atoms with Crippen LogP contribution in [0.15, 0.2) is 97.1 Å². The summed E-state index contributed by atoms with van der Waals surface area (Å²) in [7, 11) is 0. The van der Waals surface area contributed by atoms with Crippen molar-refractivity contribution in [2.24, 2.45) is 0 Å². The van der Waals surface area contributed by atoms with Gasteiger partial charge in [-0.15, -0.1) is 0 Å². The van der Waals surface area contributed by atoms with Gasteiger partial charge in [-0.2, -0.15) is 0 Å². The molecule has 0 nitrogen and oxygen atoms in total. The quantitative estimate of drug-likeness (QED) is 0.228. The van der Waals surface area contributed by atoms with Crippen LogP contribution in [0.1, 0.15) is 87.5 Å². The first-order chi connectivity index (χ1) is 17.7. The molecule has 0 unspecified atom stereocenters. The Kier molecular flexibility index (Phi) is 6.08. The van der Waals surface area contributed by atoms with Crippen molar-refractivity contribution in [1.82, 2.24) is 0 Å². The summed E-state index contributed by atoms with van der Waals surface area (Å²) in [6.07, 6.45) is 9.82. The predicted octanol–water partition coefficient (Wildman–Crippen LogP) is 10.1. The molecule has 0 bridgehead atoms. The lowest BCUT2D eigenvalue weighted by Gasteiger charge is -2.39.